The molecule has 0 fully saturated rings. The molecule has 0 aliphatic carbocycles. The highest BCUT2D eigenvalue weighted by Crippen LogP contribution is 2.29. The van der Waals surface area contributed by atoms with E-state index in [-0.39, 0.29) is 5.43 Å². The van der Waals surface area contributed by atoms with Crippen molar-refractivity contribution in [2.45, 2.75) is 0 Å². The van der Waals surface area contributed by atoms with Crippen LogP contribution >= 0.6 is 0 Å². The van der Waals surface area contributed by atoms with Crippen LogP contribution in [0.5, 0.6) is 0 Å². The first-order chi connectivity index (χ1) is 12.8. The molecule has 0 unspecified atom stereocenters. The van der Waals surface area contributed by atoms with E-state index in [1.165, 1.54) is 0 Å². The van der Waals surface area contributed by atoms with Crippen LogP contribution in [0.15, 0.2) is 94.1 Å². The first-order valence-corrected chi connectivity index (χ1v) is 8.38. The third-order valence-corrected chi connectivity index (χ3v) is 4.46. The van der Waals surface area contributed by atoms with Crippen LogP contribution in [-0.2, 0) is 0 Å². The Hall–Kier alpha value is -3.66. The van der Waals surface area contributed by atoms with Crippen molar-refractivity contribution in [3.63, 3.8) is 0 Å². The van der Waals surface area contributed by atoms with Gasteiger partial charge in [0.05, 0.1) is 11.1 Å². The van der Waals surface area contributed by atoms with Gasteiger partial charge in [0.15, 0.2) is 0 Å². The number of rotatable bonds is 2. The highest BCUT2D eigenvalue weighted by Gasteiger charge is 2.20. The summed E-state index contributed by atoms with van der Waals surface area (Å²) in [6.45, 7) is 0. The SMILES string of the molecule is O=c1c2ccccc2oc2c1c(-c1ccccc1)nn2-c1ccccc1. The predicted molar refractivity (Wildman–Crippen MR) is 103 cm³/mol. The average Bonchev–Trinajstić information content (AvgIpc) is 3.09. The van der Waals surface area contributed by atoms with Crippen molar-refractivity contribution >= 4 is 22.1 Å². The molecule has 0 aliphatic rings. The molecule has 5 rings (SSSR count). The summed E-state index contributed by atoms with van der Waals surface area (Å²) in [6.07, 6.45) is 0. The number of fused-ring (bicyclic) bond motifs is 2. The fraction of sp³-hybridized carbons (Fsp3) is 0. The standard InChI is InChI=1S/C22H14N2O2/c25-21-17-13-7-8-14-18(17)26-22-19(21)20(15-9-3-1-4-10-15)23-24(22)16-11-5-2-6-12-16/h1-14H. The molecular weight excluding hydrogens is 324 g/mol. The van der Waals surface area contributed by atoms with Gasteiger partial charge in [0.2, 0.25) is 11.1 Å². The molecule has 0 saturated carbocycles. The third-order valence-electron chi connectivity index (χ3n) is 4.46. The van der Waals surface area contributed by atoms with E-state index in [9.17, 15) is 4.79 Å². The summed E-state index contributed by atoms with van der Waals surface area (Å²) in [5.41, 5.74) is 3.31. The second-order valence-corrected chi connectivity index (χ2v) is 6.07. The minimum absolute atomic E-state index is 0.0668. The van der Waals surface area contributed by atoms with Crippen molar-refractivity contribution in [3.8, 4) is 16.9 Å². The molecular formula is C22H14N2O2. The van der Waals surface area contributed by atoms with E-state index in [1.807, 2.05) is 72.8 Å². The van der Waals surface area contributed by atoms with Crippen LogP contribution in [0, 0.1) is 0 Å². The fourth-order valence-corrected chi connectivity index (χ4v) is 3.23. The molecule has 4 nitrogen and oxygen atoms in total. The Balaban J connectivity index is 1.96. The Morgan fingerprint density at radius 3 is 2.19 bits per heavy atom. The zero-order valence-electron chi connectivity index (χ0n) is 13.8. The third kappa shape index (κ3) is 2.16. The molecule has 0 amide bonds. The van der Waals surface area contributed by atoms with Gasteiger partial charge >= 0.3 is 0 Å². The van der Waals surface area contributed by atoms with E-state index in [1.54, 1.807) is 16.8 Å². The largest absolute Gasteiger partial charge is 0.437 e. The van der Waals surface area contributed by atoms with Crippen molar-refractivity contribution in [1.29, 1.82) is 0 Å². The molecule has 26 heavy (non-hydrogen) atoms. The maximum Gasteiger partial charge on any atom is 0.234 e. The maximum atomic E-state index is 13.2. The van der Waals surface area contributed by atoms with Gasteiger partial charge in [-0.25, -0.2) is 0 Å². The first-order valence-electron chi connectivity index (χ1n) is 8.38. The van der Waals surface area contributed by atoms with E-state index in [0.717, 1.165) is 11.3 Å². The van der Waals surface area contributed by atoms with Gasteiger partial charge in [-0.3, -0.25) is 4.79 Å². The summed E-state index contributed by atoms with van der Waals surface area (Å²) in [5.74, 6) is 0. The van der Waals surface area contributed by atoms with Crippen LogP contribution in [0.25, 0.3) is 39.0 Å². The van der Waals surface area contributed by atoms with Gasteiger partial charge in [-0.05, 0) is 24.3 Å². The van der Waals surface area contributed by atoms with Gasteiger partial charge in [0, 0.05) is 5.56 Å². The van der Waals surface area contributed by atoms with Crippen molar-refractivity contribution in [2.75, 3.05) is 0 Å². The Morgan fingerprint density at radius 1 is 0.769 bits per heavy atom. The molecule has 0 aliphatic heterocycles. The van der Waals surface area contributed by atoms with E-state index in [4.69, 9.17) is 9.52 Å². The lowest BCUT2D eigenvalue weighted by Crippen LogP contribution is -2.03. The number of hydrogen-bond acceptors (Lipinski definition) is 3. The summed E-state index contributed by atoms with van der Waals surface area (Å²) >= 11 is 0. The summed E-state index contributed by atoms with van der Waals surface area (Å²) in [7, 11) is 0. The number of aromatic nitrogens is 2. The van der Waals surface area contributed by atoms with Crippen LogP contribution in [0.1, 0.15) is 0 Å². The summed E-state index contributed by atoms with van der Waals surface area (Å²) in [4.78, 5) is 13.2. The van der Waals surface area contributed by atoms with E-state index >= 15 is 0 Å². The monoisotopic (exact) mass is 338 g/mol. The highest BCUT2D eigenvalue weighted by atomic mass is 16.3. The number of para-hydroxylation sites is 2. The van der Waals surface area contributed by atoms with Crippen LogP contribution in [0.3, 0.4) is 0 Å². The molecule has 0 spiro atoms. The molecule has 4 heteroatoms. The normalized spacial score (nSPS) is 11.2. The van der Waals surface area contributed by atoms with Gasteiger partial charge in [0.25, 0.3) is 0 Å². The maximum absolute atomic E-state index is 13.2. The van der Waals surface area contributed by atoms with E-state index in [2.05, 4.69) is 0 Å². The molecule has 0 radical (unpaired) electrons. The molecule has 3 aromatic carbocycles. The van der Waals surface area contributed by atoms with E-state index < -0.39 is 0 Å². The van der Waals surface area contributed by atoms with Gasteiger partial charge in [-0.1, -0.05) is 60.7 Å². The summed E-state index contributed by atoms with van der Waals surface area (Å²) in [6, 6.07) is 26.7. The lowest BCUT2D eigenvalue weighted by Gasteiger charge is -2.02. The molecule has 2 aromatic heterocycles. The molecule has 0 N–H and O–H groups in total. The summed E-state index contributed by atoms with van der Waals surface area (Å²) < 4.78 is 7.82. The van der Waals surface area contributed by atoms with Crippen LogP contribution in [0.4, 0.5) is 0 Å². The quantitative estimate of drug-likeness (QED) is 0.464. The Labute approximate surface area is 148 Å². The average molecular weight is 338 g/mol. The van der Waals surface area contributed by atoms with Crippen molar-refractivity contribution in [3.05, 3.63) is 95.2 Å². The van der Waals surface area contributed by atoms with Gasteiger partial charge in [-0.2, -0.15) is 9.78 Å². The molecule has 5 aromatic rings. The second kappa shape index (κ2) is 5.70. The van der Waals surface area contributed by atoms with Crippen LogP contribution < -0.4 is 5.43 Å². The Morgan fingerprint density at radius 2 is 1.42 bits per heavy atom. The smallest absolute Gasteiger partial charge is 0.234 e. The second-order valence-electron chi connectivity index (χ2n) is 6.07. The van der Waals surface area contributed by atoms with Crippen molar-refractivity contribution < 1.29 is 4.42 Å². The highest BCUT2D eigenvalue weighted by molar-refractivity contribution is 5.97. The minimum atomic E-state index is -0.0668. The minimum Gasteiger partial charge on any atom is -0.437 e. The number of nitrogens with zero attached hydrogens (tertiary/aromatic N) is 2. The van der Waals surface area contributed by atoms with Gasteiger partial charge in [0.1, 0.15) is 16.7 Å². The Kier molecular flexibility index (Phi) is 3.22. The lowest BCUT2D eigenvalue weighted by molar-refractivity contribution is 0.622. The zero-order valence-corrected chi connectivity index (χ0v) is 13.8. The summed E-state index contributed by atoms with van der Waals surface area (Å²) in [5, 5.41) is 5.80. The molecule has 0 saturated heterocycles. The lowest BCUT2D eigenvalue weighted by atomic mass is 10.1. The van der Waals surface area contributed by atoms with Crippen LogP contribution in [-0.4, -0.2) is 9.78 Å². The first kappa shape index (κ1) is 14.7. The molecule has 2 heterocycles. The van der Waals surface area contributed by atoms with E-state index in [0.29, 0.717) is 27.8 Å². The van der Waals surface area contributed by atoms with Crippen LogP contribution in [0.2, 0.25) is 0 Å². The number of hydrogen-bond donors (Lipinski definition) is 0. The molecule has 0 atom stereocenters. The fourth-order valence-electron chi connectivity index (χ4n) is 3.23. The number of benzene rings is 3. The van der Waals surface area contributed by atoms with Gasteiger partial charge < -0.3 is 4.42 Å². The van der Waals surface area contributed by atoms with Crippen molar-refractivity contribution in [2.24, 2.45) is 0 Å². The Bertz CT molecular complexity index is 1290. The predicted octanol–water partition coefficient (Wildman–Crippen LogP) is 4.80. The molecule has 124 valence electrons. The van der Waals surface area contributed by atoms with Crippen molar-refractivity contribution in [1.82, 2.24) is 9.78 Å². The zero-order chi connectivity index (χ0) is 17.5. The molecule has 0 bridgehead atoms. The topological polar surface area (TPSA) is 48.0 Å². The van der Waals surface area contributed by atoms with Gasteiger partial charge in [-0.15, -0.1) is 0 Å².